The number of nitrogens with one attached hydrogen (secondary N) is 1. The summed E-state index contributed by atoms with van der Waals surface area (Å²) < 4.78 is 13.2. The predicted molar refractivity (Wildman–Crippen MR) is 111 cm³/mol. The van der Waals surface area contributed by atoms with Gasteiger partial charge in [0.2, 0.25) is 5.91 Å². The van der Waals surface area contributed by atoms with Gasteiger partial charge in [-0.15, -0.1) is 0 Å². The molecule has 2 aromatic carbocycles. The maximum absolute atomic E-state index is 13.3. The van der Waals surface area contributed by atoms with Gasteiger partial charge in [0.25, 0.3) is 5.91 Å². The second kappa shape index (κ2) is 8.65. The molecule has 0 saturated carbocycles. The van der Waals surface area contributed by atoms with Crippen LogP contribution >= 0.6 is 0 Å². The lowest BCUT2D eigenvalue weighted by Crippen LogP contribution is -2.45. The van der Waals surface area contributed by atoms with Gasteiger partial charge in [0.05, 0.1) is 6.04 Å². The summed E-state index contributed by atoms with van der Waals surface area (Å²) in [5.74, 6) is -1.15. The summed E-state index contributed by atoms with van der Waals surface area (Å²) in [6.07, 6.45) is 1.12. The molecule has 6 nitrogen and oxygen atoms in total. The number of carbonyl (C=O) groups is 3. The van der Waals surface area contributed by atoms with E-state index >= 15 is 0 Å². The summed E-state index contributed by atoms with van der Waals surface area (Å²) in [5, 5.41) is 2.82. The van der Waals surface area contributed by atoms with Crippen molar-refractivity contribution in [1.29, 1.82) is 0 Å². The topological polar surface area (TPSA) is 69.7 Å². The Hall–Kier alpha value is -3.22. The van der Waals surface area contributed by atoms with Crippen LogP contribution in [0.5, 0.6) is 0 Å². The van der Waals surface area contributed by atoms with Crippen LogP contribution in [0.2, 0.25) is 0 Å². The van der Waals surface area contributed by atoms with E-state index in [4.69, 9.17) is 0 Å². The SMILES string of the molecule is CCCC1(c2ccccc2)NC(=O)N(CC(=O)N(C)C(C)c2ccc(F)cc2)C1=O. The number of rotatable bonds is 7. The molecule has 2 atom stereocenters. The Bertz CT molecular complexity index is 932. The molecule has 1 N–H and O–H groups in total. The van der Waals surface area contributed by atoms with E-state index in [1.54, 1.807) is 19.2 Å². The van der Waals surface area contributed by atoms with Crippen LogP contribution in [0, 0.1) is 5.82 Å². The third-order valence-electron chi connectivity index (χ3n) is 5.69. The van der Waals surface area contributed by atoms with E-state index in [-0.39, 0.29) is 24.3 Å². The van der Waals surface area contributed by atoms with E-state index in [1.165, 1.54) is 17.0 Å². The second-order valence-corrected chi connectivity index (χ2v) is 7.57. The molecule has 1 fully saturated rings. The normalized spacial score (nSPS) is 19.5. The summed E-state index contributed by atoms with van der Waals surface area (Å²) in [6.45, 7) is 3.39. The van der Waals surface area contributed by atoms with Gasteiger partial charge in [0.15, 0.2) is 0 Å². The summed E-state index contributed by atoms with van der Waals surface area (Å²) in [7, 11) is 1.60. The van der Waals surface area contributed by atoms with E-state index in [9.17, 15) is 18.8 Å². The van der Waals surface area contributed by atoms with Crippen LogP contribution in [0.25, 0.3) is 0 Å². The maximum atomic E-state index is 13.3. The monoisotopic (exact) mass is 411 g/mol. The molecule has 1 aliphatic heterocycles. The van der Waals surface area contributed by atoms with Gasteiger partial charge in [-0.25, -0.2) is 9.18 Å². The predicted octanol–water partition coefficient (Wildman–Crippen LogP) is 3.59. The van der Waals surface area contributed by atoms with Crippen molar-refractivity contribution in [3.8, 4) is 0 Å². The number of halogens is 1. The molecular weight excluding hydrogens is 385 g/mol. The first-order valence-corrected chi connectivity index (χ1v) is 10.0. The van der Waals surface area contributed by atoms with Gasteiger partial charge >= 0.3 is 6.03 Å². The number of likely N-dealkylation sites (N-methyl/N-ethyl adjacent to an activating group) is 1. The van der Waals surface area contributed by atoms with Crippen LogP contribution < -0.4 is 5.32 Å². The first kappa shape index (κ1) is 21.5. The molecule has 0 aromatic heterocycles. The molecule has 1 saturated heterocycles. The first-order chi connectivity index (χ1) is 14.3. The van der Waals surface area contributed by atoms with Crippen molar-refractivity contribution in [3.05, 3.63) is 71.5 Å². The van der Waals surface area contributed by atoms with Crippen LogP contribution in [0.15, 0.2) is 54.6 Å². The lowest BCUT2D eigenvalue weighted by Gasteiger charge is -2.28. The number of amides is 4. The van der Waals surface area contributed by atoms with Gasteiger partial charge in [0, 0.05) is 7.05 Å². The zero-order valence-electron chi connectivity index (χ0n) is 17.4. The molecule has 2 aromatic rings. The van der Waals surface area contributed by atoms with Gasteiger partial charge in [-0.1, -0.05) is 55.8 Å². The third kappa shape index (κ3) is 3.92. The van der Waals surface area contributed by atoms with Crippen molar-refractivity contribution >= 4 is 17.8 Å². The molecule has 2 unspecified atom stereocenters. The summed E-state index contributed by atoms with van der Waals surface area (Å²) in [5.41, 5.74) is 0.302. The van der Waals surface area contributed by atoms with Crippen molar-refractivity contribution in [2.45, 2.75) is 38.3 Å². The number of carbonyl (C=O) groups excluding carboxylic acids is 3. The Morgan fingerprint density at radius 1 is 1.13 bits per heavy atom. The highest BCUT2D eigenvalue weighted by molar-refractivity contribution is 6.09. The number of hydrogen-bond donors (Lipinski definition) is 1. The summed E-state index contributed by atoms with van der Waals surface area (Å²) >= 11 is 0. The van der Waals surface area contributed by atoms with E-state index in [1.807, 2.05) is 44.2 Å². The highest BCUT2D eigenvalue weighted by Crippen LogP contribution is 2.33. The van der Waals surface area contributed by atoms with Crippen LogP contribution in [0.1, 0.15) is 43.9 Å². The number of imide groups is 1. The van der Waals surface area contributed by atoms with Crippen LogP contribution in [0.4, 0.5) is 9.18 Å². The van der Waals surface area contributed by atoms with Crippen molar-refractivity contribution in [2.24, 2.45) is 0 Å². The lowest BCUT2D eigenvalue weighted by molar-refractivity contribution is -0.139. The zero-order valence-corrected chi connectivity index (χ0v) is 17.4. The average molecular weight is 411 g/mol. The molecule has 0 spiro atoms. The Labute approximate surface area is 175 Å². The molecule has 158 valence electrons. The van der Waals surface area contributed by atoms with E-state index < -0.39 is 17.5 Å². The summed E-state index contributed by atoms with van der Waals surface area (Å²) in [6, 6.07) is 14.1. The number of benzene rings is 2. The number of hydrogen-bond acceptors (Lipinski definition) is 3. The molecule has 7 heteroatoms. The molecular formula is C23H26FN3O3. The zero-order chi connectivity index (χ0) is 21.9. The Morgan fingerprint density at radius 2 is 1.77 bits per heavy atom. The standard InChI is InChI=1S/C23H26FN3O3/c1-4-14-23(18-8-6-5-7-9-18)21(29)27(22(30)25-23)15-20(28)26(3)16(2)17-10-12-19(24)13-11-17/h5-13,16H,4,14-15H2,1-3H3,(H,25,30). The first-order valence-electron chi connectivity index (χ1n) is 10.0. The van der Waals surface area contributed by atoms with Crippen LogP contribution in [-0.2, 0) is 15.1 Å². The molecule has 0 bridgehead atoms. The van der Waals surface area contributed by atoms with Gasteiger partial charge in [-0.05, 0) is 36.6 Å². The van der Waals surface area contributed by atoms with Gasteiger partial charge in [0.1, 0.15) is 17.9 Å². The molecule has 1 heterocycles. The van der Waals surface area contributed by atoms with Crippen LogP contribution in [-0.4, -0.2) is 41.2 Å². The van der Waals surface area contributed by atoms with Crippen molar-refractivity contribution in [3.63, 3.8) is 0 Å². The Kier molecular flexibility index (Phi) is 6.20. The fourth-order valence-electron chi connectivity index (χ4n) is 3.80. The smallest absolute Gasteiger partial charge is 0.325 e. The van der Waals surface area contributed by atoms with Crippen molar-refractivity contribution < 1.29 is 18.8 Å². The average Bonchev–Trinajstić information content (AvgIpc) is 2.99. The molecule has 0 aliphatic carbocycles. The molecule has 0 radical (unpaired) electrons. The summed E-state index contributed by atoms with van der Waals surface area (Å²) in [4.78, 5) is 41.3. The number of urea groups is 1. The maximum Gasteiger partial charge on any atom is 0.325 e. The van der Waals surface area contributed by atoms with E-state index in [0.717, 1.165) is 10.5 Å². The van der Waals surface area contributed by atoms with Crippen molar-refractivity contribution in [1.82, 2.24) is 15.1 Å². The molecule has 30 heavy (non-hydrogen) atoms. The fraction of sp³-hybridized carbons (Fsp3) is 0.348. The quantitative estimate of drug-likeness (QED) is 0.708. The Balaban J connectivity index is 1.79. The third-order valence-corrected chi connectivity index (χ3v) is 5.69. The Morgan fingerprint density at radius 3 is 2.37 bits per heavy atom. The lowest BCUT2D eigenvalue weighted by atomic mass is 9.85. The van der Waals surface area contributed by atoms with Gasteiger partial charge in [-0.2, -0.15) is 0 Å². The fourth-order valence-corrected chi connectivity index (χ4v) is 3.80. The molecule has 4 amide bonds. The van der Waals surface area contributed by atoms with Gasteiger partial charge in [-0.3, -0.25) is 14.5 Å². The highest BCUT2D eigenvalue weighted by Gasteiger charge is 2.52. The molecule has 3 rings (SSSR count). The van der Waals surface area contributed by atoms with E-state index in [0.29, 0.717) is 18.4 Å². The number of nitrogens with zero attached hydrogens (tertiary/aromatic N) is 2. The molecule has 1 aliphatic rings. The van der Waals surface area contributed by atoms with Gasteiger partial charge < -0.3 is 10.2 Å². The van der Waals surface area contributed by atoms with Crippen molar-refractivity contribution in [2.75, 3.05) is 13.6 Å². The second-order valence-electron chi connectivity index (χ2n) is 7.57. The minimum absolute atomic E-state index is 0.339. The van der Waals surface area contributed by atoms with E-state index in [2.05, 4.69) is 5.32 Å². The van der Waals surface area contributed by atoms with Crippen LogP contribution in [0.3, 0.4) is 0 Å². The minimum Gasteiger partial charge on any atom is -0.337 e. The largest absolute Gasteiger partial charge is 0.337 e. The minimum atomic E-state index is -1.16. The highest BCUT2D eigenvalue weighted by atomic mass is 19.1.